The summed E-state index contributed by atoms with van der Waals surface area (Å²) >= 11 is 0. The van der Waals surface area contributed by atoms with Gasteiger partial charge in [0.25, 0.3) is 0 Å². The molecule has 0 aromatic heterocycles. The second-order valence-corrected chi connectivity index (χ2v) is 2.56. The van der Waals surface area contributed by atoms with Crippen LogP contribution >= 0.6 is 0 Å². The van der Waals surface area contributed by atoms with Crippen LogP contribution in [0, 0.1) is 0 Å². The van der Waals surface area contributed by atoms with Gasteiger partial charge in [0.1, 0.15) is 6.61 Å². The normalized spacial score (nSPS) is 16.2. The second kappa shape index (κ2) is 3.38. The lowest BCUT2D eigenvalue weighted by atomic mass is 10.2. The molecule has 0 saturated heterocycles. The molecule has 0 fully saturated rings. The van der Waals surface area contributed by atoms with Gasteiger partial charge in [-0.05, 0) is 6.92 Å². The molecular weight excluding hydrogens is 176 g/mol. The van der Waals surface area contributed by atoms with Crippen molar-refractivity contribution in [1.82, 2.24) is 0 Å². The van der Waals surface area contributed by atoms with Crippen LogP contribution in [0.5, 0.6) is 0 Å². The van der Waals surface area contributed by atoms with Gasteiger partial charge < -0.3 is 9.47 Å². The van der Waals surface area contributed by atoms with Crippen molar-refractivity contribution in [3.63, 3.8) is 0 Å². The molecule has 0 atom stereocenters. The highest BCUT2D eigenvalue weighted by Crippen LogP contribution is 2.16. The fourth-order valence-electron chi connectivity index (χ4n) is 0.840. The summed E-state index contributed by atoms with van der Waals surface area (Å²) in [5, 5.41) is 0. The maximum atomic E-state index is 10.9. The van der Waals surface area contributed by atoms with Crippen molar-refractivity contribution >= 4 is 17.9 Å². The summed E-state index contributed by atoms with van der Waals surface area (Å²) in [7, 11) is 0. The topological polar surface area (TPSA) is 69.7 Å². The first-order valence-corrected chi connectivity index (χ1v) is 3.62. The Labute approximate surface area is 74.3 Å². The van der Waals surface area contributed by atoms with Crippen LogP contribution in [0.2, 0.25) is 0 Å². The zero-order chi connectivity index (χ0) is 10.0. The molecule has 1 heterocycles. The van der Waals surface area contributed by atoms with Crippen LogP contribution in [0.3, 0.4) is 0 Å². The smallest absolute Gasteiger partial charge is 0.345 e. The van der Waals surface area contributed by atoms with Crippen LogP contribution in [0.1, 0.15) is 13.8 Å². The lowest BCUT2D eigenvalue weighted by Crippen LogP contribution is -2.09. The quantitative estimate of drug-likeness (QED) is 0.444. The molecule has 5 heteroatoms. The SMILES string of the molecule is CC(=O)OCC1=C(C)C(=O)OC1=O. The number of esters is 3. The summed E-state index contributed by atoms with van der Waals surface area (Å²) in [4.78, 5) is 32.1. The molecule has 0 aromatic rings. The molecule has 0 spiro atoms. The molecule has 0 amide bonds. The van der Waals surface area contributed by atoms with Crippen LogP contribution in [0.25, 0.3) is 0 Å². The van der Waals surface area contributed by atoms with E-state index in [4.69, 9.17) is 0 Å². The summed E-state index contributed by atoms with van der Waals surface area (Å²) < 4.78 is 8.84. The highest BCUT2D eigenvalue weighted by molar-refractivity contribution is 6.12. The van der Waals surface area contributed by atoms with Crippen LogP contribution in [0.4, 0.5) is 0 Å². The maximum absolute atomic E-state index is 10.9. The third kappa shape index (κ3) is 1.93. The number of carbonyl (C=O) groups excluding carboxylic acids is 3. The minimum Gasteiger partial charge on any atom is -0.461 e. The van der Waals surface area contributed by atoms with E-state index in [0.29, 0.717) is 0 Å². The van der Waals surface area contributed by atoms with E-state index in [0.717, 1.165) is 0 Å². The molecule has 5 nitrogen and oxygen atoms in total. The molecule has 0 unspecified atom stereocenters. The lowest BCUT2D eigenvalue weighted by molar-refractivity contribution is -0.151. The van der Waals surface area contributed by atoms with E-state index in [9.17, 15) is 14.4 Å². The van der Waals surface area contributed by atoms with Crippen molar-refractivity contribution in [2.75, 3.05) is 6.61 Å². The summed E-state index contributed by atoms with van der Waals surface area (Å²) in [5.74, 6) is -1.91. The van der Waals surface area contributed by atoms with E-state index < -0.39 is 17.9 Å². The first-order valence-electron chi connectivity index (χ1n) is 3.62. The molecule has 0 aliphatic carbocycles. The van der Waals surface area contributed by atoms with E-state index in [1.165, 1.54) is 13.8 Å². The van der Waals surface area contributed by atoms with Crippen molar-refractivity contribution in [2.45, 2.75) is 13.8 Å². The number of hydrogen-bond donors (Lipinski definition) is 0. The molecule has 0 N–H and O–H groups in total. The van der Waals surface area contributed by atoms with Gasteiger partial charge in [-0.25, -0.2) is 9.59 Å². The monoisotopic (exact) mass is 184 g/mol. The van der Waals surface area contributed by atoms with Crippen molar-refractivity contribution in [1.29, 1.82) is 0 Å². The Hall–Kier alpha value is -1.65. The predicted octanol–water partition coefficient (Wildman–Crippen LogP) is -0.0506. The minimum atomic E-state index is -0.733. The van der Waals surface area contributed by atoms with Gasteiger partial charge in [0.2, 0.25) is 0 Å². The van der Waals surface area contributed by atoms with E-state index >= 15 is 0 Å². The predicted molar refractivity (Wildman–Crippen MR) is 40.4 cm³/mol. The third-order valence-corrected chi connectivity index (χ3v) is 1.61. The van der Waals surface area contributed by atoms with E-state index in [1.54, 1.807) is 0 Å². The van der Waals surface area contributed by atoms with Gasteiger partial charge in [-0.1, -0.05) is 0 Å². The van der Waals surface area contributed by atoms with E-state index in [-0.39, 0.29) is 17.8 Å². The molecule has 0 aromatic carbocycles. The third-order valence-electron chi connectivity index (χ3n) is 1.61. The van der Waals surface area contributed by atoms with Gasteiger partial charge in [-0.15, -0.1) is 0 Å². The average molecular weight is 184 g/mol. The number of carbonyl (C=O) groups is 3. The number of hydrogen-bond acceptors (Lipinski definition) is 5. The number of cyclic esters (lactones) is 2. The first-order chi connectivity index (χ1) is 6.02. The van der Waals surface area contributed by atoms with Crippen molar-refractivity contribution < 1.29 is 23.9 Å². The standard InChI is InChI=1S/C8H8O5/c1-4-6(3-12-5(2)9)8(11)13-7(4)10/h3H2,1-2H3. The molecule has 1 aliphatic rings. The Morgan fingerprint density at radius 3 is 2.38 bits per heavy atom. The van der Waals surface area contributed by atoms with Gasteiger partial charge in [0, 0.05) is 12.5 Å². The molecule has 0 radical (unpaired) electrons. The van der Waals surface area contributed by atoms with Crippen LogP contribution in [-0.2, 0) is 23.9 Å². The van der Waals surface area contributed by atoms with Gasteiger partial charge >= 0.3 is 17.9 Å². The summed E-state index contributed by atoms with van der Waals surface area (Å²) in [5.41, 5.74) is 0.312. The lowest BCUT2D eigenvalue weighted by Gasteiger charge is -1.99. The van der Waals surface area contributed by atoms with Crippen LogP contribution in [-0.4, -0.2) is 24.5 Å². The fourth-order valence-corrected chi connectivity index (χ4v) is 0.840. The molecule has 1 rings (SSSR count). The summed E-state index contributed by atoms with van der Waals surface area (Å²) in [6.07, 6.45) is 0. The molecule has 70 valence electrons. The molecular formula is C8H8O5. The minimum absolute atomic E-state index is 0.111. The van der Waals surface area contributed by atoms with Crippen molar-refractivity contribution in [2.24, 2.45) is 0 Å². The Morgan fingerprint density at radius 1 is 1.38 bits per heavy atom. The number of rotatable bonds is 2. The molecule has 1 aliphatic heterocycles. The highest BCUT2D eigenvalue weighted by Gasteiger charge is 2.30. The maximum Gasteiger partial charge on any atom is 0.345 e. The van der Waals surface area contributed by atoms with E-state index in [1.807, 2.05) is 0 Å². The second-order valence-electron chi connectivity index (χ2n) is 2.56. The largest absolute Gasteiger partial charge is 0.461 e. The summed E-state index contributed by atoms with van der Waals surface area (Å²) in [6, 6.07) is 0. The zero-order valence-corrected chi connectivity index (χ0v) is 7.25. The highest BCUT2D eigenvalue weighted by atomic mass is 16.6. The van der Waals surface area contributed by atoms with Gasteiger partial charge in [-0.3, -0.25) is 4.79 Å². The van der Waals surface area contributed by atoms with Crippen molar-refractivity contribution in [3.05, 3.63) is 11.1 Å². The fraction of sp³-hybridized carbons (Fsp3) is 0.375. The Kier molecular flexibility index (Phi) is 2.46. The Morgan fingerprint density at radius 2 is 2.00 bits per heavy atom. The summed E-state index contributed by atoms with van der Waals surface area (Å²) in [6.45, 7) is 2.47. The van der Waals surface area contributed by atoms with Crippen LogP contribution < -0.4 is 0 Å². The molecule has 0 saturated carbocycles. The van der Waals surface area contributed by atoms with Gasteiger partial charge in [0.15, 0.2) is 0 Å². The first kappa shape index (κ1) is 9.44. The van der Waals surface area contributed by atoms with Crippen LogP contribution in [0.15, 0.2) is 11.1 Å². The Bertz CT molecular complexity index is 312. The van der Waals surface area contributed by atoms with Gasteiger partial charge in [0.05, 0.1) is 5.57 Å². The van der Waals surface area contributed by atoms with Gasteiger partial charge in [-0.2, -0.15) is 0 Å². The Balaban J connectivity index is 2.72. The molecule has 13 heavy (non-hydrogen) atoms. The van der Waals surface area contributed by atoms with E-state index in [2.05, 4.69) is 9.47 Å². The van der Waals surface area contributed by atoms with Crippen molar-refractivity contribution in [3.8, 4) is 0 Å². The number of ether oxygens (including phenoxy) is 2. The average Bonchev–Trinajstić information content (AvgIpc) is 2.24. The zero-order valence-electron chi connectivity index (χ0n) is 7.25. The molecule has 0 bridgehead atoms.